The molecule has 1 aromatic heterocycles. The molecule has 1 aromatic carbocycles. The van der Waals surface area contributed by atoms with Crippen LogP contribution in [-0.2, 0) is 9.59 Å². The maximum Gasteiger partial charge on any atom is 0.240 e. The Balaban J connectivity index is 1.74. The lowest BCUT2D eigenvalue weighted by atomic mass is 10.2. The van der Waals surface area contributed by atoms with E-state index in [4.69, 9.17) is 4.42 Å². The molecule has 6 nitrogen and oxygen atoms in total. The molecule has 7 heteroatoms. The maximum atomic E-state index is 11.9. The highest BCUT2D eigenvalue weighted by Crippen LogP contribution is 2.17. The fraction of sp³-hybridized carbons (Fsp3) is 0.188. The highest BCUT2D eigenvalue weighted by atomic mass is 127. The molecule has 120 valence electrons. The van der Waals surface area contributed by atoms with Crippen molar-refractivity contribution in [1.82, 2.24) is 5.43 Å². The standard InChI is InChI=1S/C16H16IN3O3/c1-11-9-12(17)4-5-14(11)19-15(21)6-7-16(22)20-18-10-13-3-2-8-23-13/h2-5,8-10H,6-7H2,1H3,(H,19,21)(H,20,22)/b18-10-. The minimum Gasteiger partial charge on any atom is -0.463 e. The van der Waals surface area contributed by atoms with Crippen molar-refractivity contribution in [2.45, 2.75) is 19.8 Å². The molecule has 1 heterocycles. The molecule has 0 radical (unpaired) electrons. The molecule has 23 heavy (non-hydrogen) atoms. The normalized spacial score (nSPS) is 10.7. The number of aryl methyl sites for hydroxylation is 1. The Labute approximate surface area is 147 Å². The Bertz CT molecular complexity index is 711. The lowest BCUT2D eigenvalue weighted by Gasteiger charge is -2.08. The van der Waals surface area contributed by atoms with Gasteiger partial charge in [-0.05, 0) is 65.4 Å². The number of rotatable bonds is 6. The Morgan fingerprint density at radius 3 is 2.74 bits per heavy atom. The Morgan fingerprint density at radius 2 is 2.04 bits per heavy atom. The van der Waals surface area contributed by atoms with Crippen LogP contribution in [0.2, 0.25) is 0 Å². The molecule has 2 aromatic rings. The Morgan fingerprint density at radius 1 is 1.26 bits per heavy atom. The third-order valence-electron chi connectivity index (χ3n) is 2.97. The first kappa shape index (κ1) is 17.2. The molecule has 0 unspecified atom stereocenters. The summed E-state index contributed by atoms with van der Waals surface area (Å²) in [7, 11) is 0. The van der Waals surface area contributed by atoms with Crippen molar-refractivity contribution in [3.05, 3.63) is 51.5 Å². The zero-order valence-corrected chi connectivity index (χ0v) is 14.7. The van der Waals surface area contributed by atoms with E-state index in [2.05, 4.69) is 38.4 Å². The molecule has 0 aliphatic heterocycles. The van der Waals surface area contributed by atoms with Gasteiger partial charge in [-0.15, -0.1) is 0 Å². The van der Waals surface area contributed by atoms with Crippen molar-refractivity contribution in [3.63, 3.8) is 0 Å². The van der Waals surface area contributed by atoms with Crippen molar-refractivity contribution in [2.24, 2.45) is 5.10 Å². The number of carbonyl (C=O) groups is 2. The van der Waals surface area contributed by atoms with Crippen LogP contribution < -0.4 is 10.7 Å². The van der Waals surface area contributed by atoms with Gasteiger partial charge in [-0.3, -0.25) is 9.59 Å². The number of hydrogen-bond donors (Lipinski definition) is 2. The lowest BCUT2D eigenvalue weighted by molar-refractivity contribution is -0.124. The van der Waals surface area contributed by atoms with Crippen LogP contribution >= 0.6 is 22.6 Å². The van der Waals surface area contributed by atoms with Crippen LogP contribution in [0.4, 0.5) is 5.69 Å². The van der Waals surface area contributed by atoms with E-state index in [0.717, 1.165) is 14.8 Å². The van der Waals surface area contributed by atoms with E-state index in [0.29, 0.717) is 5.76 Å². The smallest absolute Gasteiger partial charge is 0.240 e. The van der Waals surface area contributed by atoms with E-state index in [-0.39, 0.29) is 24.7 Å². The van der Waals surface area contributed by atoms with Crippen LogP contribution in [0.3, 0.4) is 0 Å². The van der Waals surface area contributed by atoms with Gasteiger partial charge in [0.05, 0.1) is 12.5 Å². The van der Waals surface area contributed by atoms with Crippen molar-refractivity contribution in [1.29, 1.82) is 0 Å². The average Bonchev–Trinajstić information content (AvgIpc) is 3.01. The molecule has 0 saturated carbocycles. The van der Waals surface area contributed by atoms with Gasteiger partial charge in [0.25, 0.3) is 0 Å². The van der Waals surface area contributed by atoms with E-state index in [1.165, 1.54) is 12.5 Å². The summed E-state index contributed by atoms with van der Waals surface area (Å²) in [6.45, 7) is 1.92. The minimum absolute atomic E-state index is 0.0603. The first-order valence-corrected chi connectivity index (χ1v) is 8.04. The summed E-state index contributed by atoms with van der Waals surface area (Å²) >= 11 is 2.21. The second kappa shape index (κ2) is 8.47. The Kier molecular flexibility index (Phi) is 6.33. The van der Waals surface area contributed by atoms with Crippen molar-refractivity contribution in [3.8, 4) is 0 Å². The highest BCUT2D eigenvalue weighted by Gasteiger charge is 2.08. The SMILES string of the molecule is Cc1cc(I)ccc1NC(=O)CCC(=O)N/N=C\c1ccco1. The second-order valence-electron chi connectivity index (χ2n) is 4.82. The van der Waals surface area contributed by atoms with E-state index < -0.39 is 0 Å². The Hall–Kier alpha value is -2.16. The van der Waals surface area contributed by atoms with Gasteiger partial charge in [-0.2, -0.15) is 5.10 Å². The number of nitrogens with zero attached hydrogens (tertiary/aromatic N) is 1. The number of halogens is 1. The van der Waals surface area contributed by atoms with Gasteiger partial charge in [0.1, 0.15) is 5.76 Å². The monoisotopic (exact) mass is 425 g/mol. The van der Waals surface area contributed by atoms with Crippen LogP contribution in [0.15, 0.2) is 46.1 Å². The molecular weight excluding hydrogens is 409 g/mol. The van der Waals surface area contributed by atoms with Gasteiger partial charge in [0, 0.05) is 22.1 Å². The average molecular weight is 425 g/mol. The summed E-state index contributed by atoms with van der Waals surface area (Å²) in [6.07, 6.45) is 3.06. The van der Waals surface area contributed by atoms with Crippen molar-refractivity contribution < 1.29 is 14.0 Å². The number of nitrogens with one attached hydrogen (secondary N) is 2. The van der Waals surface area contributed by atoms with E-state index in [9.17, 15) is 9.59 Å². The van der Waals surface area contributed by atoms with Gasteiger partial charge < -0.3 is 9.73 Å². The minimum atomic E-state index is -0.331. The summed E-state index contributed by atoms with van der Waals surface area (Å²) in [5, 5.41) is 6.54. The van der Waals surface area contributed by atoms with Crippen molar-refractivity contribution in [2.75, 3.05) is 5.32 Å². The second-order valence-corrected chi connectivity index (χ2v) is 6.06. The maximum absolute atomic E-state index is 11.9. The highest BCUT2D eigenvalue weighted by molar-refractivity contribution is 14.1. The van der Waals surface area contributed by atoms with Crippen LogP contribution in [0.25, 0.3) is 0 Å². The third-order valence-corrected chi connectivity index (χ3v) is 3.64. The number of amides is 2. The topological polar surface area (TPSA) is 83.7 Å². The quantitative estimate of drug-likeness (QED) is 0.424. The predicted molar refractivity (Wildman–Crippen MR) is 96.2 cm³/mol. The number of hydrogen-bond acceptors (Lipinski definition) is 4. The van der Waals surface area contributed by atoms with Gasteiger partial charge >= 0.3 is 0 Å². The molecular formula is C16H16IN3O3. The van der Waals surface area contributed by atoms with Crippen LogP contribution in [0, 0.1) is 10.5 Å². The summed E-state index contributed by atoms with van der Waals surface area (Å²) in [4.78, 5) is 23.5. The number of hydrazone groups is 1. The van der Waals surface area contributed by atoms with Crippen LogP contribution in [0.1, 0.15) is 24.2 Å². The molecule has 0 spiro atoms. The number of furan rings is 1. The zero-order chi connectivity index (χ0) is 16.7. The zero-order valence-electron chi connectivity index (χ0n) is 12.5. The number of benzene rings is 1. The summed E-state index contributed by atoms with van der Waals surface area (Å²) < 4.78 is 6.14. The van der Waals surface area contributed by atoms with Gasteiger partial charge in [-0.25, -0.2) is 5.43 Å². The van der Waals surface area contributed by atoms with Gasteiger partial charge in [0.15, 0.2) is 0 Å². The predicted octanol–water partition coefficient (Wildman–Crippen LogP) is 3.06. The van der Waals surface area contributed by atoms with Crippen LogP contribution in [0.5, 0.6) is 0 Å². The fourth-order valence-electron chi connectivity index (χ4n) is 1.80. The molecule has 0 aliphatic carbocycles. The molecule has 2 amide bonds. The summed E-state index contributed by atoms with van der Waals surface area (Å²) in [5.74, 6) is -0.000936. The molecule has 0 aliphatic rings. The fourth-order valence-corrected chi connectivity index (χ4v) is 2.44. The van der Waals surface area contributed by atoms with Crippen molar-refractivity contribution >= 4 is 46.3 Å². The number of carbonyl (C=O) groups excluding carboxylic acids is 2. The molecule has 0 fully saturated rings. The molecule has 0 saturated heterocycles. The molecule has 2 N–H and O–H groups in total. The summed E-state index contributed by atoms with van der Waals surface area (Å²) in [5.41, 5.74) is 4.09. The largest absolute Gasteiger partial charge is 0.463 e. The van der Waals surface area contributed by atoms with E-state index in [1.54, 1.807) is 12.1 Å². The van der Waals surface area contributed by atoms with E-state index >= 15 is 0 Å². The van der Waals surface area contributed by atoms with Gasteiger partial charge in [0.2, 0.25) is 11.8 Å². The van der Waals surface area contributed by atoms with E-state index in [1.807, 2.05) is 25.1 Å². The van der Waals surface area contributed by atoms with Crippen LogP contribution in [-0.4, -0.2) is 18.0 Å². The number of anilines is 1. The molecule has 2 rings (SSSR count). The molecule has 0 bridgehead atoms. The van der Waals surface area contributed by atoms with Gasteiger partial charge in [-0.1, -0.05) is 0 Å². The first-order chi connectivity index (χ1) is 11.0. The first-order valence-electron chi connectivity index (χ1n) is 6.96. The summed E-state index contributed by atoms with van der Waals surface area (Å²) in [6, 6.07) is 9.18. The third kappa shape index (κ3) is 5.85. The molecule has 0 atom stereocenters. The lowest BCUT2D eigenvalue weighted by Crippen LogP contribution is -2.20.